The number of rotatable bonds is 4. The number of nitrogens with one attached hydrogen (secondary N) is 1. The van der Waals surface area contributed by atoms with E-state index in [9.17, 15) is 0 Å². The highest BCUT2D eigenvalue weighted by Gasteiger charge is 2.20. The van der Waals surface area contributed by atoms with Crippen LogP contribution in [0, 0.1) is 0 Å². The van der Waals surface area contributed by atoms with E-state index in [0.717, 1.165) is 12.1 Å². The maximum atomic E-state index is 9.10. The number of thioether (sulfide) groups is 1. The van der Waals surface area contributed by atoms with Crippen molar-refractivity contribution in [2.24, 2.45) is 0 Å². The minimum absolute atomic E-state index is 0.128. The van der Waals surface area contributed by atoms with E-state index in [4.69, 9.17) is 5.11 Å². The summed E-state index contributed by atoms with van der Waals surface area (Å²) < 4.78 is 0. The molecule has 1 aromatic carbocycles. The first-order valence-electron chi connectivity index (χ1n) is 6.33. The van der Waals surface area contributed by atoms with Gasteiger partial charge in [-0.25, -0.2) is 0 Å². The van der Waals surface area contributed by atoms with E-state index in [1.165, 1.54) is 24.2 Å². The minimum atomic E-state index is 0.128. The molecule has 2 rings (SSSR count). The molecule has 1 heterocycles. The van der Waals surface area contributed by atoms with E-state index < -0.39 is 0 Å². The molecule has 94 valence electrons. The van der Waals surface area contributed by atoms with Crippen LogP contribution in [-0.4, -0.2) is 22.2 Å². The highest BCUT2D eigenvalue weighted by Crippen LogP contribution is 2.25. The molecule has 17 heavy (non-hydrogen) atoms. The Morgan fingerprint density at radius 2 is 2.24 bits per heavy atom. The molecule has 2 atom stereocenters. The minimum Gasteiger partial charge on any atom is -0.392 e. The maximum absolute atomic E-state index is 9.10. The van der Waals surface area contributed by atoms with Crippen molar-refractivity contribution in [3.8, 4) is 0 Å². The molecule has 0 aromatic heterocycles. The van der Waals surface area contributed by atoms with Gasteiger partial charge in [0.15, 0.2) is 0 Å². The average Bonchev–Trinajstić information content (AvgIpc) is 2.38. The Balaban J connectivity index is 1.88. The summed E-state index contributed by atoms with van der Waals surface area (Å²) in [7, 11) is 0. The predicted molar refractivity (Wildman–Crippen MR) is 74.1 cm³/mol. The zero-order chi connectivity index (χ0) is 12.1. The van der Waals surface area contributed by atoms with Crippen LogP contribution < -0.4 is 5.32 Å². The first-order chi connectivity index (χ1) is 8.29. The molecule has 1 aliphatic rings. The molecular formula is C14H21NOS. The summed E-state index contributed by atoms with van der Waals surface area (Å²) in [4.78, 5) is 0. The number of aliphatic hydroxyl groups is 1. The Morgan fingerprint density at radius 1 is 1.41 bits per heavy atom. The van der Waals surface area contributed by atoms with E-state index in [-0.39, 0.29) is 6.61 Å². The van der Waals surface area contributed by atoms with Crippen molar-refractivity contribution in [3.63, 3.8) is 0 Å². The van der Waals surface area contributed by atoms with Gasteiger partial charge in [0.1, 0.15) is 0 Å². The SMILES string of the molecule is CC1SCCCC1NCc1cccc(CO)c1. The molecule has 0 bridgehead atoms. The van der Waals surface area contributed by atoms with Gasteiger partial charge in [0.2, 0.25) is 0 Å². The fourth-order valence-corrected chi connectivity index (χ4v) is 3.45. The second-order valence-corrected chi connectivity index (χ2v) is 6.17. The summed E-state index contributed by atoms with van der Waals surface area (Å²) in [6.07, 6.45) is 2.61. The lowest BCUT2D eigenvalue weighted by Gasteiger charge is -2.29. The predicted octanol–water partition coefficient (Wildman–Crippen LogP) is 2.55. The molecule has 0 radical (unpaired) electrons. The van der Waals surface area contributed by atoms with E-state index in [1.54, 1.807) is 0 Å². The third-order valence-corrected chi connectivity index (χ3v) is 4.73. The Morgan fingerprint density at radius 3 is 3.00 bits per heavy atom. The van der Waals surface area contributed by atoms with Crippen LogP contribution in [0.5, 0.6) is 0 Å². The Hall–Kier alpha value is -0.510. The molecular weight excluding hydrogens is 230 g/mol. The van der Waals surface area contributed by atoms with Crippen molar-refractivity contribution in [1.82, 2.24) is 5.32 Å². The van der Waals surface area contributed by atoms with Crippen LogP contribution in [-0.2, 0) is 13.2 Å². The zero-order valence-electron chi connectivity index (χ0n) is 10.4. The summed E-state index contributed by atoms with van der Waals surface area (Å²) >= 11 is 2.07. The third kappa shape index (κ3) is 3.73. The fraction of sp³-hybridized carbons (Fsp3) is 0.571. The number of aliphatic hydroxyl groups excluding tert-OH is 1. The molecule has 1 fully saturated rings. The summed E-state index contributed by atoms with van der Waals surface area (Å²) in [5.41, 5.74) is 2.26. The monoisotopic (exact) mass is 251 g/mol. The molecule has 2 nitrogen and oxygen atoms in total. The van der Waals surface area contributed by atoms with E-state index in [1.807, 2.05) is 12.1 Å². The van der Waals surface area contributed by atoms with Crippen LogP contribution in [0.3, 0.4) is 0 Å². The lowest BCUT2D eigenvalue weighted by atomic mass is 10.1. The van der Waals surface area contributed by atoms with Crippen LogP contribution >= 0.6 is 11.8 Å². The molecule has 2 unspecified atom stereocenters. The quantitative estimate of drug-likeness (QED) is 0.862. The maximum Gasteiger partial charge on any atom is 0.0681 e. The van der Waals surface area contributed by atoms with Gasteiger partial charge in [-0.3, -0.25) is 0 Å². The van der Waals surface area contributed by atoms with Gasteiger partial charge in [-0.1, -0.05) is 31.2 Å². The van der Waals surface area contributed by atoms with Crippen molar-refractivity contribution in [1.29, 1.82) is 0 Å². The van der Waals surface area contributed by atoms with E-state index in [2.05, 4.69) is 36.1 Å². The van der Waals surface area contributed by atoms with Gasteiger partial charge >= 0.3 is 0 Å². The molecule has 1 saturated heterocycles. The summed E-state index contributed by atoms with van der Waals surface area (Å²) in [6, 6.07) is 8.80. The van der Waals surface area contributed by atoms with Crippen molar-refractivity contribution in [3.05, 3.63) is 35.4 Å². The van der Waals surface area contributed by atoms with Crippen LogP contribution in [0.25, 0.3) is 0 Å². The van der Waals surface area contributed by atoms with E-state index >= 15 is 0 Å². The molecule has 1 aromatic rings. The first kappa shape index (κ1) is 12.9. The van der Waals surface area contributed by atoms with Crippen LogP contribution in [0.2, 0.25) is 0 Å². The van der Waals surface area contributed by atoms with Gasteiger partial charge in [0, 0.05) is 17.8 Å². The van der Waals surface area contributed by atoms with Crippen molar-refractivity contribution >= 4 is 11.8 Å². The standard InChI is InChI=1S/C14H21NOS/c1-11-14(6-3-7-17-11)15-9-12-4-2-5-13(8-12)10-16/h2,4-5,8,11,14-16H,3,6-7,9-10H2,1H3. The van der Waals surface area contributed by atoms with E-state index in [0.29, 0.717) is 11.3 Å². The molecule has 0 aliphatic carbocycles. The highest BCUT2D eigenvalue weighted by atomic mass is 32.2. The number of hydrogen-bond acceptors (Lipinski definition) is 3. The second-order valence-electron chi connectivity index (χ2n) is 4.68. The normalized spacial score (nSPS) is 24.8. The molecule has 0 amide bonds. The van der Waals surface area contributed by atoms with Gasteiger partial charge in [0.25, 0.3) is 0 Å². The Bertz CT molecular complexity index is 356. The largest absolute Gasteiger partial charge is 0.392 e. The van der Waals surface area contributed by atoms with Gasteiger partial charge in [-0.15, -0.1) is 0 Å². The number of hydrogen-bond donors (Lipinski definition) is 2. The highest BCUT2D eigenvalue weighted by molar-refractivity contribution is 7.99. The van der Waals surface area contributed by atoms with Gasteiger partial charge in [0.05, 0.1) is 6.61 Å². The average molecular weight is 251 g/mol. The van der Waals surface area contributed by atoms with Crippen LogP contribution in [0.4, 0.5) is 0 Å². The number of benzene rings is 1. The Kier molecular flexibility index (Phi) is 4.89. The molecule has 0 spiro atoms. The molecule has 3 heteroatoms. The molecule has 0 saturated carbocycles. The summed E-state index contributed by atoms with van der Waals surface area (Å²) in [6.45, 7) is 3.35. The van der Waals surface area contributed by atoms with Crippen LogP contribution in [0.15, 0.2) is 24.3 Å². The van der Waals surface area contributed by atoms with Crippen LogP contribution in [0.1, 0.15) is 30.9 Å². The van der Waals surface area contributed by atoms with Crippen molar-refractivity contribution in [2.75, 3.05) is 5.75 Å². The van der Waals surface area contributed by atoms with Gasteiger partial charge in [-0.05, 0) is 29.7 Å². The third-order valence-electron chi connectivity index (χ3n) is 3.35. The molecule has 2 N–H and O–H groups in total. The Labute approximate surface area is 108 Å². The van der Waals surface area contributed by atoms with Gasteiger partial charge < -0.3 is 10.4 Å². The lowest BCUT2D eigenvalue weighted by Crippen LogP contribution is -2.38. The lowest BCUT2D eigenvalue weighted by molar-refractivity contribution is 0.281. The van der Waals surface area contributed by atoms with Gasteiger partial charge in [-0.2, -0.15) is 11.8 Å². The smallest absolute Gasteiger partial charge is 0.0681 e. The zero-order valence-corrected chi connectivity index (χ0v) is 11.2. The fourth-order valence-electron chi connectivity index (χ4n) is 2.28. The first-order valence-corrected chi connectivity index (χ1v) is 7.38. The summed E-state index contributed by atoms with van der Waals surface area (Å²) in [5, 5.41) is 13.4. The van der Waals surface area contributed by atoms with Crippen molar-refractivity contribution in [2.45, 2.75) is 44.2 Å². The topological polar surface area (TPSA) is 32.3 Å². The summed E-state index contributed by atoms with van der Waals surface area (Å²) in [5.74, 6) is 1.30. The molecule has 1 aliphatic heterocycles. The van der Waals surface area contributed by atoms with Crippen molar-refractivity contribution < 1.29 is 5.11 Å². The second kappa shape index (κ2) is 6.43.